The molecular weight excluding hydrogens is 283 g/mol. The van der Waals surface area contributed by atoms with Crippen molar-refractivity contribution in [1.29, 1.82) is 0 Å². The number of benzene rings is 2. The number of hydrogen-bond donors (Lipinski definition) is 1. The van der Waals surface area contributed by atoms with E-state index in [1.54, 1.807) is 11.8 Å². The summed E-state index contributed by atoms with van der Waals surface area (Å²) in [5.41, 5.74) is 0.886. The lowest BCUT2D eigenvalue weighted by atomic mass is 10.1. The van der Waals surface area contributed by atoms with Crippen LogP contribution in [-0.4, -0.2) is 6.26 Å². The van der Waals surface area contributed by atoms with Gasteiger partial charge >= 0.3 is 0 Å². The average Bonchev–Trinajstić information content (AvgIpc) is 2.48. The molecule has 0 aliphatic heterocycles. The van der Waals surface area contributed by atoms with Crippen LogP contribution >= 0.6 is 11.8 Å². The highest BCUT2D eigenvalue weighted by Crippen LogP contribution is 2.25. The quantitative estimate of drug-likeness (QED) is 0.629. The molecule has 0 fully saturated rings. The number of nitrogens with one attached hydrogen (secondary N) is 1. The third-order valence-corrected chi connectivity index (χ3v) is 3.77. The number of thioether (sulfide) groups is 1. The van der Waals surface area contributed by atoms with Crippen LogP contribution in [0.4, 0.5) is 18.9 Å². The van der Waals surface area contributed by atoms with Gasteiger partial charge in [-0.15, -0.1) is 11.8 Å². The van der Waals surface area contributed by atoms with Crippen LogP contribution < -0.4 is 5.32 Å². The summed E-state index contributed by atoms with van der Waals surface area (Å²) < 4.78 is 39.6. The first kappa shape index (κ1) is 14.8. The number of anilines is 1. The summed E-state index contributed by atoms with van der Waals surface area (Å²) in [5, 5.41) is 2.84. The lowest BCUT2D eigenvalue weighted by molar-refractivity contribution is 0.448. The lowest BCUT2D eigenvalue weighted by Crippen LogP contribution is -2.09. The highest BCUT2D eigenvalue weighted by Gasteiger charge is 2.15. The second-order valence-corrected chi connectivity index (χ2v) is 5.24. The van der Waals surface area contributed by atoms with Crippen molar-refractivity contribution in [3.8, 4) is 0 Å². The molecule has 5 heteroatoms. The monoisotopic (exact) mass is 297 g/mol. The fraction of sp³-hybridized carbons (Fsp3) is 0.200. The average molecular weight is 297 g/mol. The predicted octanol–water partition coefficient (Wildman–Crippen LogP) is 5.00. The Morgan fingerprint density at radius 3 is 2.20 bits per heavy atom. The van der Waals surface area contributed by atoms with Gasteiger partial charge in [0.2, 0.25) is 0 Å². The summed E-state index contributed by atoms with van der Waals surface area (Å²) in [6, 6.07) is 9.64. The number of hydrogen-bond acceptors (Lipinski definition) is 2. The standard InChI is InChI=1S/C15H14F3NS/c1-9(10-3-5-11(20-2)6-4-10)19-13-8-7-12(16)14(17)15(13)18/h3-9,19H,1-2H3. The zero-order chi connectivity index (χ0) is 14.7. The zero-order valence-corrected chi connectivity index (χ0v) is 11.9. The molecule has 1 atom stereocenters. The van der Waals surface area contributed by atoms with Gasteiger partial charge in [-0.3, -0.25) is 0 Å². The molecule has 2 aromatic carbocycles. The number of halogens is 3. The van der Waals surface area contributed by atoms with Crippen LogP contribution in [0.3, 0.4) is 0 Å². The van der Waals surface area contributed by atoms with Gasteiger partial charge in [-0.1, -0.05) is 12.1 Å². The molecule has 1 unspecified atom stereocenters. The predicted molar refractivity (Wildman–Crippen MR) is 76.6 cm³/mol. The minimum Gasteiger partial charge on any atom is -0.376 e. The van der Waals surface area contributed by atoms with Crippen molar-refractivity contribution >= 4 is 17.4 Å². The Morgan fingerprint density at radius 2 is 1.60 bits per heavy atom. The van der Waals surface area contributed by atoms with Crippen molar-refractivity contribution in [3.05, 3.63) is 59.4 Å². The van der Waals surface area contributed by atoms with Gasteiger partial charge in [0.15, 0.2) is 17.5 Å². The Kier molecular flexibility index (Phi) is 4.60. The number of rotatable bonds is 4. The van der Waals surface area contributed by atoms with Crippen molar-refractivity contribution in [3.63, 3.8) is 0 Å². The van der Waals surface area contributed by atoms with Gasteiger partial charge in [-0.2, -0.15) is 0 Å². The summed E-state index contributed by atoms with van der Waals surface area (Å²) >= 11 is 1.63. The summed E-state index contributed by atoms with van der Waals surface area (Å²) in [5.74, 6) is -3.84. The van der Waals surface area contributed by atoms with Crippen molar-refractivity contribution in [2.45, 2.75) is 17.9 Å². The van der Waals surface area contributed by atoms with E-state index in [1.165, 1.54) is 6.07 Å². The molecule has 0 bridgehead atoms. The van der Waals surface area contributed by atoms with Crippen LogP contribution in [0, 0.1) is 17.5 Å². The van der Waals surface area contributed by atoms with E-state index < -0.39 is 17.5 Å². The molecule has 1 nitrogen and oxygen atoms in total. The van der Waals surface area contributed by atoms with E-state index in [2.05, 4.69) is 5.32 Å². The smallest absolute Gasteiger partial charge is 0.196 e. The Balaban J connectivity index is 2.18. The SMILES string of the molecule is CSc1ccc(C(C)Nc2ccc(F)c(F)c2F)cc1. The molecule has 0 aliphatic carbocycles. The van der Waals surface area contributed by atoms with E-state index in [4.69, 9.17) is 0 Å². The Labute approximate surface area is 120 Å². The summed E-state index contributed by atoms with van der Waals surface area (Å²) in [7, 11) is 0. The summed E-state index contributed by atoms with van der Waals surface area (Å²) in [6.45, 7) is 1.83. The van der Waals surface area contributed by atoms with E-state index in [9.17, 15) is 13.2 Å². The second kappa shape index (κ2) is 6.22. The van der Waals surface area contributed by atoms with E-state index in [0.29, 0.717) is 0 Å². The molecule has 2 aromatic rings. The van der Waals surface area contributed by atoms with Gasteiger partial charge in [0, 0.05) is 10.9 Å². The minimum atomic E-state index is -1.46. The maximum Gasteiger partial charge on any atom is 0.196 e. The van der Waals surface area contributed by atoms with Crippen molar-refractivity contribution in [1.82, 2.24) is 0 Å². The van der Waals surface area contributed by atoms with Gasteiger partial charge in [-0.25, -0.2) is 13.2 Å². The van der Waals surface area contributed by atoms with Gasteiger partial charge in [0.1, 0.15) is 0 Å². The molecule has 0 radical (unpaired) electrons. The molecule has 0 aliphatic rings. The van der Waals surface area contributed by atoms with Crippen LogP contribution in [-0.2, 0) is 0 Å². The van der Waals surface area contributed by atoms with Gasteiger partial charge < -0.3 is 5.32 Å². The fourth-order valence-electron chi connectivity index (χ4n) is 1.85. The third-order valence-electron chi connectivity index (χ3n) is 3.02. The maximum absolute atomic E-state index is 13.6. The second-order valence-electron chi connectivity index (χ2n) is 4.36. The van der Waals surface area contributed by atoms with Gasteiger partial charge in [-0.05, 0) is 43.0 Å². The van der Waals surface area contributed by atoms with Crippen molar-refractivity contribution < 1.29 is 13.2 Å². The third kappa shape index (κ3) is 3.10. The fourth-order valence-corrected chi connectivity index (χ4v) is 2.25. The zero-order valence-electron chi connectivity index (χ0n) is 11.1. The molecule has 20 heavy (non-hydrogen) atoms. The van der Waals surface area contributed by atoms with Crippen LogP contribution in [0.1, 0.15) is 18.5 Å². The molecule has 0 heterocycles. The molecule has 1 N–H and O–H groups in total. The first-order valence-electron chi connectivity index (χ1n) is 6.07. The lowest BCUT2D eigenvalue weighted by Gasteiger charge is -2.17. The Hall–Kier alpha value is -1.62. The van der Waals surface area contributed by atoms with Crippen molar-refractivity contribution in [2.24, 2.45) is 0 Å². The first-order valence-corrected chi connectivity index (χ1v) is 7.29. The molecule has 2 rings (SSSR count). The van der Waals surface area contributed by atoms with Crippen LogP contribution in [0.15, 0.2) is 41.3 Å². The van der Waals surface area contributed by atoms with Gasteiger partial charge in [0.25, 0.3) is 0 Å². The molecule has 0 saturated carbocycles. The van der Waals surface area contributed by atoms with Crippen LogP contribution in [0.5, 0.6) is 0 Å². The van der Waals surface area contributed by atoms with Crippen molar-refractivity contribution in [2.75, 3.05) is 11.6 Å². The molecular formula is C15H14F3NS. The summed E-state index contributed by atoms with van der Waals surface area (Å²) in [6.07, 6.45) is 1.98. The van der Waals surface area contributed by atoms with Crippen LogP contribution in [0.25, 0.3) is 0 Å². The molecule has 0 amide bonds. The van der Waals surface area contributed by atoms with E-state index >= 15 is 0 Å². The largest absolute Gasteiger partial charge is 0.376 e. The van der Waals surface area contributed by atoms with Gasteiger partial charge in [0.05, 0.1) is 5.69 Å². The summed E-state index contributed by atoms with van der Waals surface area (Å²) in [4.78, 5) is 1.12. The highest BCUT2D eigenvalue weighted by atomic mass is 32.2. The normalized spacial score (nSPS) is 12.2. The van der Waals surface area contributed by atoms with E-state index in [-0.39, 0.29) is 11.7 Å². The minimum absolute atomic E-state index is 0.0506. The van der Waals surface area contributed by atoms with Crippen LogP contribution in [0.2, 0.25) is 0 Å². The topological polar surface area (TPSA) is 12.0 Å². The maximum atomic E-state index is 13.6. The van der Waals surface area contributed by atoms with E-state index in [1.807, 2.05) is 37.4 Å². The first-order chi connectivity index (χ1) is 9.52. The molecule has 0 aromatic heterocycles. The molecule has 0 saturated heterocycles. The van der Waals surface area contributed by atoms with E-state index in [0.717, 1.165) is 16.5 Å². The Morgan fingerprint density at radius 1 is 0.950 bits per heavy atom. The highest BCUT2D eigenvalue weighted by molar-refractivity contribution is 7.98. The molecule has 106 valence electrons. The Bertz CT molecular complexity index is 599. The molecule has 0 spiro atoms.